The van der Waals surface area contributed by atoms with Crippen LogP contribution in [0, 0.1) is 0 Å². The number of carbonyl (C=O) groups is 1. The summed E-state index contributed by atoms with van der Waals surface area (Å²) in [5.41, 5.74) is 0.802. The average Bonchev–Trinajstić information content (AvgIpc) is 3.10. The predicted molar refractivity (Wildman–Crippen MR) is 66.0 cm³/mol. The van der Waals surface area contributed by atoms with Gasteiger partial charge in [0.2, 0.25) is 0 Å². The molecule has 18 heavy (non-hydrogen) atoms. The number of ether oxygens (including phenoxy) is 1. The molecule has 1 saturated carbocycles. The predicted octanol–water partition coefficient (Wildman–Crippen LogP) is 1.94. The molecule has 1 amide bonds. The van der Waals surface area contributed by atoms with Crippen molar-refractivity contribution in [2.45, 2.75) is 45.3 Å². The Balaban J connectivity index is 1.88. The summed E-state index contributed by atoms with van der Waals surface area (Å²) in [6, 6.07) is 1.95. The Morgan fingerprint density at radius 3 is 3.00 bits per heavy atom. The van der Waals surface area contributed by atoms with Crippen molar-refractivity contribution in [2.24, 2.45) is 0 Å². The highest BCUT2D eigenvalue weighted by atomic mass is 16.5. The first-order valence-corrected chi connectivity index (χ1v) is 6.44. The number of nitrogens with zero attached hydrogens (tertiary/aromatic N) is 2. The number of amides is 1. The van der Waals surface area contributed by atoms with Crippen LogP contribution in [-0.2, 0) is 16.1 Å². The van der Waals surface area contributed by atoms with Gasteiger partial charge in [0.1, 0.15) is 17.6 Å². The third-order valence-corrected chi connectivity index (χ3v) is 3.10. The first-order valence-electron chi connectivity index (χ1n) is 6.44. The van der Waals surface area contributed by atoms with Gasteiger partial charge in [0.25, 0.3) is 5.91 Å². The highest BCUT2D eigenvalue weighted by Crippen LogP contribution is 2.40. The molecule has 1 aliphatic carbocycles. The van der Waals surface area contributed by atoms with E-state index < -0.39 is 6.10 Å². The van der Waals surface area contributed by atoms with Crippen molar-refractivity contribution in [1.29, 1.82) is 0 Å². The van der Waals surface area contributed by atoms with E-state index in [9.17, 15) is 4.79 Å². The van der Waals surface area contributed by atoms with Gasteiger partial charge in [-0.05, 0) is 26.7 Å². The molecule has 0 radical (unpaired) electrons. The normalized spacial score (nSPS) is 16.6. The lowest BCUT2D eigenvalue weighted by molar-refractivity contribution is -0.141. The third kappa shape index (κ3) is 3.10. The molecular weight excluding hydrogens is 232 g/mol. The van der Waals surface area contributed by atoms with Gasteiger partial charge in [-0.1, -0.05) is 5.16 Å². The second kappa shape index (κ2) is 5.52. The third-order valence-electron chi connectivity index (χ3n) is 3.10. The van der Waals surface area contributed by atoms with Crippen molar-refractivity contribution in [3.05, 3.63) is 17.5 Å². The smallest absolute Gasteiger partial charge is 0.251 e. The van der Waals surface area contributed by atoms with Crippen molar-refractivity contribution in [3.63, 3.8) is 0 Å². The maximum atomic E-state index is 11.9. The zero-order valence-electron chi connectivity index (χ0n) is 11.2. The number of rotatable bonds is 6. The van der Waals surface area contributed by atoms with Gasteiger partial charge in [0.05, 0.1) is 6.54 Å². The van der Waals surface area contributed by atoms with Gasteiger partial charge in [0.15, 0.2) is 0 Å². The van der Waals surface area contributed by atoms with E-state index in [4.69, 9.17) is 9.26 Å². The Kier molecular flexibility index (Phi) is 4.01. The summed E-state index contributed by atoms with van der Waals surface area (Å²) in [5.74, 6) is 1.46. The zero-order chi connectivity index (χ0) is 13.1. The van der Waals surface area contributed by atoms with Crippen LogP contribution in [0.3, 0.4) is 0 Å². The number of aromatic nitrogens is 1. The van der Waals surface area contributed by atoms with E-state index in [0.717, 1.165) is 11.5 Å². The topological polar surface area (TPSA) is 55.6 Å². The van der Waals surface area contributed by atoms with Crippen LogP contribution in [0.15, 0.2) is 10.6 Å². The van der Waals surface area contributed by atoms with Crippen molar-refractivity contribution in [1.82, 2.24) is 10.1 Å². The molecule has 1 fully saturated rings. The standard InChI is InChI=1S/C13H20N2O3/c1-4-17-9(2)13(16)15(3)8-11-7-12(18-14-11)10-5-6-10/h7,9-10H,4-6,8H2,1-3H3/t9-/m0/s1. The fraction of sp³-hybridized carbons (Fsp3) is 0.692. The molecule has 1 heterocycles. The summed E-state index contributed by atoms with van der Waals surface area (Å²) in [4.78, 5) is 13.6. The van der Waals surface area contributed by atoms with Crippen LogP contribution in [-0.4, -0.2) is 35.7 Å². The Labute approximate surface area is 107 Å². The van der Waals surface area contributed by atoms with Gasteiger partial charge >= 0.3 is 0 Å². The monoisotopic (exact) mass is 252 g/mol. The number of carbonyl (C=O) groups excluding carboxylic acids is 1. The first-order chi connectivity index (χ1) is 8.61. The van der Waals surface area contributed by atoms with E-state index in [-0.39, 0.29) is 5.91 Å². The Hall–Kier alpha value is -1.36. The second-order valence-corrected chi connectivity index (χ2v) is 4.79. The molecule has 1 atom stereocenters. The molecule has 1 aliphatic rings. The van der Waals surface area contributed by atoms with E-state index in [1.807, 2.05) is 13.0 Å². The number of likely N-dealkylation sites (N-methyl/N-ethyl adjacent to an activating group) is 1. The van der Waals surface area contributed by atoms with Gasteiger partial charge in [-0.2, -0.15) is 0 Å². The summed E-state index contributed by atoms with van der Waals surface area (Å²) < 4.78 is 10.5. The van der Waals surface area contributed by atoms with E-state index in [1.54, 1.807) is 18.9 Å². The van der Waals surface area contributed by atoms with Crippen LogP contribution in [0.5, 0.6) is 0 Å². The minimum Gasteiger partial charge on any atom is -0.369 e. The van der Waals surface area contributed by atoms with E-state index in [2.05, 4.69) is 5.16 Å². The van der Waals surface area contributed by atoms with Gasteiger partial charge in [-0.15, -0.1) is 0 Å². The fourth-order valence-corrected chi connectivity index (χ4v) is 1.92. The molecule has 5 heteroatoms. The molecule has 0 N–H and O–H groups in total. The molecular formula is C13H20N2O3. The zero-order valence-corrected chi connectivity index (χ0v) is 11.2. The largest absolute Gasteiger partial charge is 0.369 e. The molecule has 0 bridgehead atoms. The maximum Gasteiger partial charge on any atom is 0.251 e. The molecule has 0 aliphatic heterocycles. The van der Waals surface area contributed by atoms with Crippen LogP contribution < -0.4 is 0 Å². The molecule has 2 rings (SSSR count). The molecule has 1 aromatic rings. The van der Waals surface area contributed by atoms with Gasteiger partial charge in [-0.25, -0.2) is 0 Å². The SMILES string of the molecule is CCO[C@@H](C)C(=O)N(C)Cc1cc(C2CC2)on1. The van der Waals surface area contributed by atoms with E-state index in [1.165, 1.54) is 12.8 Å². The molecule has 0 saturated heterocycles. The molecule has 5 nitrogen and oxygen atoms in total. The van der Waals surface area contributed by atoms with Gasteiger partial charge in [-0.3, -0.25) is 4.79 Å². The minimum absolute atomic E-state index is 0.0344. The van der Waals surface area contributed by atoms with Gasteiger partial charge in [0, 0.05) is 25.6 Å². The summed E-state index contributed by atoms with van der Waals surface area (Å²) in [7, 11) is 1.75. The highest BCUT2D eigenvalue weighted by molar-refractivity contribution is 5.80. The lowest BCUT2D eigenvalue weighted by atomic mass is 10.2. The number of hydrogen-bond donors (Lipinski definition) is 0. The molecule has 0 unspecified atom stereocenters. The summed E-state index contributed by atoms with van der Waals surface area (Å²) >= 11 is 0. The Morgan fingerprint density at radius 1 is 1.67 bits per heavy atom. The Bertz CT molecular complexity index is 412. The second-order valence-electron chi connectivity index (χ2n) is 4.79. The molecule has 0 aromatic carbocycles. The van der Waals surface area contributed by atoms with Crippen molar-refractivity contribution in [2.75, 3.05) is 13.7 Å². The van der Waals surface area contributed by atoms with Crippen LogP contribution in [0.4, 0.5) is 0 Å². The molecule has 0 spiro atoms. The van der Waals surface area contributed by atoms with Crippen LogP contribution in [0.1, 0.15) is 44.1 Å². The van der Waals surface area contributed by atoms with Gasteiger partial charge < -0.3 is 14.2 Å². The number of hydrogen-bond acceptors (Lipinski definition) is 4. The minimum atomic E-state index is -0.408. The van der Waals surface area contributed by atoms with Crippen LogP contribution >= 0.6 is 0 Å². The quantitative estimate of drug-likeness (QED) is 0.776. The lowest BCUT2D eigenvalue weighted by Crippen LogP contribution is -2.35. The lowest BCUT2D eigenvalue weighted by Gasteiger charge is -2.19. The van der Waals surface area contributed by atoms with Crippen molar-refractivity contribution >= 4 is 5.91 Å². The summed E-state index contributed by atoms with van der Waals surface area (Å²) in [6.07, 6.45) is 1.96. The first kappa shape index (κ1) is 13.1. The van der Waals surface area contributed by atoms with E-state index in [0.29, 0.717) is 19.1 Å². The summed E-state index contributed by atoms with van der Waals surface area (Å²) in [5, 5.41) is 4.00. The molecule has 100 valence electrons. The summed E-state index contributed by atoms with van der Waals surface area (Å²) in [6.45, 7) is 4.65. The maximum absolute atomic E-state index is 11.9. The Morgan fingerprint density at radius 2 is 2.39 bits per heavy atom. The van der Waals surface area contributed by atoms with Crippen LogP contribution in [0.25, 0.3) is 0 Å². The van der Waals surface area contributed by atoms with E-state index >= 15 is 0 Å². The highest BCUT2D eigenvalue weighted by Gasteiger charge is 2.28. The van der Waals surface area contributed by atoms with Crippen molar-refractivity contribution in [3.8, 4) is 0 Å². The van der Waals surface area contributed by atoms with Crippen LogP contribution in [0.2, 0.25) is 0 Å². The average molecular weight is 252 g/mol. The molecule has 1 aromatic heterocycles. The fourth-order valence-electron chi connectivity index (χ4n) is 1.92. The van der Waals surface area contributed by atoms with Crippen molar-refractivity contribution < 1.29 is 14.1 Å².